The molecule has 1 aromatic rings. The summed E-state index contributed by atoms with van der Waals surface area (Å²) in [6.45, 7) is 3.86. The lowest BCUT2D eigenvalue weighted by Gasteiger charge is -2.34. The highest BCUT2D eigenvalue weighted by Crippen LogP contribution is 2.29. The quantitative estimate of drug-likeness (QED) is 0.835. The number of piperazine rings is 1. The summed E-state index contributed by atoms with van der Waals surface area (Å²) in [5, 5.41) is 3.22. The van der Waals surface area contributed by atoms with Crippen molar-refractivity contribution in [3.05, 3.63) is 29.3 Å². The third-order valence-corrected chi connectivity index (χ3v) is 5.25. The zero-order chi connectivity index (χ0) is 18.5. The van der Waals surface area contributed by atoms with Gasteiger partial charge in [0.15, 0.2) is 11.6 Å². The molecule has 0 radical (unpaired) electrons. The molecule has 1 saturated heterocycles. The van der Waals surface area contributed by atoms with Gasteiger partial charge in [-0.05, 0) is 37.3 Å². The van der Waals surface area contributed by atoms with Gasteiger partial charge in [0.25, 0.3) is 0 Å². The molecule has 0 bridgehead atoms. The monoisotopic (exact) mass is 368 g/mol. The number of hydrogen-bond acceptors (Lipinski definition) is 4. The van der Waals surface area contributed by atoms with E-state index in [1.165, 1.54) is 12.5 Å². The Morgan fingerprint density at radius 3 is 2.85 bits per heavy atom. The summed E-state index contributed by atoms with van der Waals surface area (Å²) in [7, 11) is 0. The van der Waals surface area contributed by atoms with Crippen molar-refractivity contribution in [2.24, 2.45) is 5.92 Å². The molecule has 2 aliphatic rings. The molecule has 0 aromatic heterocycles. The fourth-order valence-electron chi connectivity index (χ4n) is 3.27. The Labute approximate surface area is 152 Å². The van der Waals surface area contributed by atoms with Crippen LogP contribution in [-0.4, -0.2) is 43.3 Å². The number of rotatable bonds is 6. The summed E-state index contributed by atoms with van der Waals surface area (Å²) in [5.41, 5.74) is -0.271. The van der Waals surface area contributed by atoms with E-state index in [1.807, 2.05) is 6.92 Å². The first kappa shape index (κ1) is 18.9. The smallest absolute Gasteiger partial charge is 0.410 e. The van der Waals surface area contributed by atoms with Crippen LogP contribution in [0.5, 0.6) is 5.75 Å². The second-order valence-electron chi connectivity index (χ2n) is 6.96. The molecule has 144 valence electrons. The number of carbonyl (C=O) groups excluding carboxylic acids is 1. The number of benzene rings is 1. The normalized spacial score (nSPS) is 20.6. The lowest BCUT2D eigenvalue weighted by atomic mass is 9.86. The molecule has 1 saturated carbocycles. The van der Waals surface area contributed by atoms with Crippen LogP contribution in [0.15, 0.2) is 12.1 Å². The molecule has 0 unspecified atom stereocenters. The van der Waals surface area contributed by atoms with Crippen LogP contribution in [0.2, 0.25) is 0 Å². The molecule has 1 amide bonds. The third kappa shape index (κ3) is 4.26. The Morgan fingerprint density at radius 2 is 2.15 bits per heavy atom. The molecular weight excluding hydrogens is 342 g/mol. The molecule has 7 heteroatoms. The molecule has 1 N–H and O–H groups in total. The second kappa shape index (κ2) is 8.66. The Hall–Kier alpha value is -1.89. The molecule has 26 heavy (non-hydrogen) atoms. The van der Waals surface area contributed by atoms with E-state index in [-0.39, 0.29) is 17.4 Å². The Balaban J connectivity index is 1.61. The van der Waals surface area contributed by atoms with Gasteiger partial charge < -0.3 is 19.7 Å². The van der Waals surface area contributed by atoms with Gasteiger partial charge in [0.2, 0.25) is 0 Å². The molecule has 5 nitrogen and oxygen atoms in total. The minimum atomic E-state index is -0.788. The van der Waals surface area contributed by atoms with Crippen LogP contribution in [0.25, 0.3) is 0 Å². The van der Waals surface area contributed by atoms with Gasteiger partial charge in [-0.2, -0.15) is 0 Å². The maximum atomic E-state index is 14.6. The van der Waals surface area contributed by atoms with Gasteiger partial charge >= 0.3 is 6.09 Å². The van der Waals surface area contributed by atoms with Crippen LogP contribution in [0.1, 0.15) is 38.2 Å². The average Bonchev–Trinajstić information content (AvgIpc) is 2.61. The van der Waals surface area contributed by atoms with Gasteiger partial charge in [-0.15, -0.1) is 0 Å². The summed E-state index contributed by atoms with van der Waals surface area (Å²) in [6.07, 6.45) is 3.58. The molecular formula is C19H26F2N2O3. The number of nitrogens with zero attached hydrogens (tertiary/aromatic N) is 1. The molecule has 3 rings (SSSR count). The zero-order valence-corrected chi connectivity index (χ0v) is 15.1. The fraction of sp³-hybridized carbons (Fsp3) is 0.632. The molecule has 2 fully saturated rings. The number of nitrogens with one attached hydrogen (secondary N) is 1. The van der Waals surface area contributed by atoms with Gasteiger partial charge in [-0.1, -0.05) is 13.3 Å². The first-order valence-electron chi connectivity index (χ1n) is 9.34. The first-order chi connectivity index (χ1) is 12.6. The largest absolute Gasteiger partial charge is 0.490 e. The van der Waals surface area contributed by atoms with E-state index < -0.39 is 24.3 Å². The predicted octanol–water partition coefficient (Wildman–Crippen LogP) is 3.46. The summed E-state index contributed by atoms with van der Waals surface area (Å²) in [6, 6.07) is 2.48. The lowest BCUT2D eigenvalue weighted by Crippen LogP contribution is -2.53. The number of hydrogen-bond donors (Lipinski definition) is 1. The Kier molecular flexibility index (Phi) is 6.29. The molecule has 1 aromatic carbocycles. The van der Waals surface area contributed by atoms with Crippen molar-refractivity contribution in [3.63, 3.8) is 0 Å². The molecule has 1 heterocycles. The van der Waals surface area contributed by atoms with E-state index >= 15 is 0 Å². The van der Waals surface area contributed by atoms with Crippen LogP contribution in [-0.2, 0) is 11.3 Å². The van der Waals surface area contributed by atoms with Crippen molar-refractivity contribution >= 4 is 6.09 Å². The number of amides is 1. The highest BCUT2D eigenvalue weighted by atomic mass is 19.1. The minimum Gasteiger partial charge on any atom is -0.490 e. The summed E-state index contributed by atoms with van der Waals surface area (Å²) < 4.78 is 39.3. The van der Waals surface area contributed by atoms with E-state index in [1.54, 1.807) is 4.90 Å². The lowest BCUT2D eigenvalue weighted by molar-refractivity contribution is 0.0696. The van der Waals surface area contributed by atoms with E-state index in [4.69, 9.17) is 9.47 Å². The van der Waals surface area contributed by atoms with Crippen molar-refractivity contribution in [1.29, 1.82) is 0 Å². The van der Waals surface area contributed by atoms with E-state index in [0.29, 0.717) is 32.2 Å². The van der Waals surface area contributed by atoms with Crippen LogP contribution in [0, 0.1) is 17.6 Å². The topological polar surface area (TPSA) is 50.8 Å². The first-order valence-corrected chi connectivity index (χ1v) is 9.34. The Bertz CT molecular complexity index is 637. The zero-order valence-electron chi connectivity index (χ0n) is 15.1. The van der Waals surface area contributed by atoms with E-state index in [9.17, 15) is 13.6 Å². The van der Waals surface area contributed by atoms with Crippen molar-refractivity contribution < 1.29 is 23.0 Å². The Morgan fingerprint density at radius 1 is 1.35 bits per heavy atom. The maximum absolute atomic E-state index is 14.6. The van der Waals surface area contributed by atoms with Crippen molar-refractivity contribution in [2.75, 3.05) is 26.2 Å². The third-order valence-electron chi connectivity index (χ3n) is 5.25. The van der Waals surface area contributed by atoms with E-state index in [0.717, 1.165) is 25.3 Å². The van der Waals surface area contributed by atoms with E-state index in [2.05, 4.69) is 5.32 Å². The van der Waals surface area contributed by atoms with Crippen LogP contribution < -0.4 is 10.1 Å². The molecule has 1 aliphatic carbocycles. The highest BCUT2D eigenvalue weighted by molar-refractivity contribution is 5.68. The van der Waals surface area contributed by atoms with Crippen molar-refractivity contribution in [2.45, 2.75) is 45.3 Å². The van der Waals surface area contributed by atoms with Crippen LogP contribution in [0.4, 0.5) is 13.6 Å². The molecule has 1 atom stereocenters. The van der Waals surface area contributed by atoms with Gasteiger partial charge in [-0.25, -0.2) is 13.6 Å². The molecule has 1 aliphatic heterocycles. The second-order valence-corrected chi connectivity index (χ2v) is 6.96. The van der Waals surface area contributed by atoms with Crippen LogP contribution in [0.3, 0.4) is 0 Å². The minimum absolute atomic E-state index is 0.0120. The van der Waals surface area contributed by atoms with Gasteiger partial charge in [0.1, 0.15) is 12.4 Å². The van der Waals surface area contributed by atoms with Gasteiger partial charge in [0.05, 0.1) is 12.2 Å². The summed E-state index contributed by atoms with van der Waals surface area (Å²) >= 11 is 0. The predicted molar refractivity (Wildman–Crippen MR) is 93.0 cm³/mol. The fourth-order valence-corrected chi connectivity index (χ4v) is 3.27. The standard InChI is InChI=1S/C19H26F2N2O3/c1-2-14-10-22-8-9-23(14)19(24)26-12-15-16(20)6-7-17(18(15)21)25-11-13-4-3-5-13/h6-7,13-14,22H,2-5,8-12H2,1H3/t14-/m1/s1. The number of halogens is 2. The SMILES string of the molecule is CC[C@@H]1CNCCN1C(=O)OCc1c(F)ccc(OCC2CCC2)c1F. The van der Waals surface area contributed by atoms with Gasteiger partial charge in [-0.3, -0.25) is 0 Å². The summed E-state index contributed by atoms with van der Waals surface area (Å²) in [5.74, 6) is -1.07. The average molecular weight is 368 g/mol. The van der Waals surface area contributed by atoms with Crippen molar-refractivity contribution in [1.82, 2.24) is 10.2 Å². The van der Waals surface area contributed by atoms with Gasteiger partial charge in [0, 0.05) is 25.7 Å². The highest BCUT2D eigenvalue weighted by Gasteiger charge is 2.27. The van der Waals surface area contributed by atoms with Crippen LogP contribution >= 0.6 is 0 Å². The summed E-state index contributed by atoms with van der Waals surface area (Å²) in [4.78, 5) is 13.9. The number of carbonyl (C=O) groups is 1. The molecule has 0 spiro atoms. The van der Waals surface area contributed by atoms with Crippen molar-refractivity contribution in [3.8, 4) is 5.75 Å². The number of ether oxygens (including phenoxy) is 2. The maximum Gasteiger partial charge on any atom is 0.410 e.